The van der Waals surface area contributed by atoms with Crippen molar-refractivity contribution >= 4 is 28.7 Å². The van der Waals surface area contributed by atoms with Gasteiger partial charge >= 0.3 is 5.97 Å². The van der Waals surface area contributed by atoms with E-state index in [0.717, 1.165) is 25.0 Å². The van der Waals surface area contributed by atoms with E-state index in [1.807, 2.05) is 13.0 Å². The summed E-state index contributed by atoms with van der Waals surface area (Å²) in [7, 11) is 0. The number of hydrogen-bond acceptors (Lipinski definition) is 6. The molecule has 0 unspecified atom stereocenters. The van der Waals surface area contributed by atoms with E-state index in [4.69, 9.17) is 20.8 Å². The van der Waals surface area contributed by atoms with Gasteiger partial charge in [-0.05, 0) is 52.2 Å². The molecule has 3 aromatic heterocycles. The summed E-state index contributed by atoms with van der Waals surface area (Å²) in [6.45, 7) is 9.24. The molecule has 7 nitrogen and oxygen atoms in total. The second kappa shape index (κ2) is 8.88. The fourth-order valence-corrected chi connectivity index (χ4v) is 2.84. The first-order valence-electron chi connectivity index (χ1n) is 9.87. The number of carbonyl (C=O) groups is 1. The predicted octanol–water partition coefficient (Wildman–Crippen LogP) is 5.14. The minimum absolute atomic E-state index is 0.0856. The Hall–Kier alpha value is -2.85. The molecule has 0 spiro atoms. The summed E-state index contributed by atoms with van der Waals surface area (Å²) in [4.78, 5) is 25.7. The van der Waals surface area contributed by atoms with Crippen LogP contribution in [0.1, 0.15) is 58.5 Å². The van der Waals surface area contributed by atoms with E-state index in [-0.39, 0.29) is 17.9 Å². The van der Waals surface area contributed by atoms with Gasteiger partial charge in [0.25, 0.3) is 0 Å². The van der Waals surface area contributed by atoms with E-state index in [2.05, 4.69) is 33.7 Å². The molecule has 0 atom stereocenters. The van der Waals surface area contributed by atoms with Crippen LogP contribution < -0.4 is 0 Å². The Morgan fingerprint density at radius 2 is 2.03 bits per heavy atom. The molecular formula is C22H25ClN4O3. The number of imidazole rings is 1. The van der Waals surface area contributed by atoms with Gasteiger partial charge in [-0.1, -0.05) is 30.9 Å². The van der Waals surface area contributed by atoms with Crippen LogP contribution in [-0.4, -0.2) is 25.5 Å². The highest BCUT2D eigenvalue weighted by Gasteiger charge is 2.25. The third kappa shape index (κ3) is 4.82. The molecular weight excluding hydrogens is 404 g/mol. The van der Waals surface area contributed by atoms with Crippen LogP contribution in [0.25, 0.3) is 22.7 Å². The number of nitrogens with zero attached hydrogens (tertiary/aromatic N) is 4. The first-order chi connectivity index (χ1) is 14.2. The molecule has 0 saturated heterocycles. The second-order valence-electron chi connectivity index (χ2n) is 8.00. The van der Waals surface area contributed by atoms with E-state index in [0.29, 0.717) is 28.6 Å². The van der Waals surface area contributed by atoms with Gasteiger partial charge in [-0.25, -0.2) is 15.0 Å². The Morgan fingerprint density at radius 1 is 1.27 bits per heavy atom. The smallest absolute Gasteiger partial charge is 0.312 e. The summed E-state index contributed by atoms with van der Waals surface area (Å²) in [5.41, 5.74) is 0.188. The maximum absolute atomic E-state index is 12.3. The van der Waals surface area contributed by atoms with Gasteiger partial charge in [-0.3, -0.25) is 9.36 Å². The molecule has 0 aliphatic carbocycles. The zero-order valence-corrected chi connectivity index (χ0v) is 18.6. The Morgan fingerprint density at radius 3 is 2.67 bits per heavy atom. The van der Waals surface area contributed by atoms with Crippen molar-refractivity contribution in [2.24, 2.45) is 5.41 Å². The van der Waals surface area contributed by atoms with E-state index in [9.17, 15) is 4.79 Å². The molecule has 0 aliphatic rings. The Bertz CT molecular complexity index is 1130. The zero-order valence-electron chi connectivity index (χ0n) is 17.9. The number of aromatic nitrogens is 4. The maximum atomic E-state index is 12.3. The van der Waals surface area contributed by atoms with Crippen molar-refractivity contribution in [2.75, 3.05) is 0 Å². The first kappa shape index (κ1) is 21.8. The monoisotopic (exact) mass is 428 g/mol. The molecule has 0 fully saturated rings. The van der Waals surface area contributed by atoms with Crippen molar-refractivity contribution in [2.45, 2.75) is 60.6 Å². The molecule has 0 radical (unpaired) electrons. The van der Waals surface area contributed by atoms with Crippen molar-refractivity contribution in [3.8, 4) is 23.4 Å². The summed E-state index contributed by atoms with van der Waals surface area (Å²) in [5, 5.41) is 0.185. The van der Waals surface area contributed by atoms with Crippen LogP contribution in [0.4, 0.5) is 0 Å². The summed E-state index contributed by atoms with van der Waals surface area (Å²) < 4.78 is 12.9. The molecule has 0 aliphatic heterocycles. The zero-order chi connectivity index (χ0) is 21.9. The van der Waals surface area contributed by atoms with Gasteiger partial charge in [0.15, 0.2) is 29.1 Å². The van der Waals surface area contributed by atoms with Crippen LogP contribution in [0.2, 0.25) is 5.15 Å². The highest BCUT2D eigenvalue weighted by molar-refractivity contribution is 6.33. The molecule has 0 amide bonds. The van der Waals surface area contributed by atoms with Crippen molar-refractivity contribution in [1.82, 2.24) is 19.5 Å². The quantitative estimate of drug-likeness (QED) is 0.242. The van der Waals surface area contributed by atoms with Crippen molar-refractivity contribution in [1.29, 1.82) is 0 Å². The fraction of sp³-hybridized carbons (Fsp3) is 0.455. The van der Waals surface area contributed by atoms with Crippen LogP contribution in [-0.2, 0) is 16.3 Å². The number of aryl methyl sites for hydroxylation is 1. The average molecular weight is 429 g/mol. The summed E-state index contributed by atoms with van der Waals surface area (Å²) in [6.07, 6.45) is 2.83. The topological polar surface area (TPSA) is 83.0 Å². The number of ether oxygens (including phenoxy) is 1. The maximum Gasteiger partial charge on any atom is 0.312 e. The molecule has 3 rings (SSSR count). The molecule has 3 heterocycles. The lowest BCUT2D eigenvalue weighted by Crippen LogP contribution is -2.24. The summed E-state index contributed by atoms with van der Waals surface area (Å²) >= 11 is 6.38. The highest BCUT2D eigenvalue weighted by atomic mass is 35.5. The van der Waals surface area contributed by atoms with Gasteiger partial charge in [0.05, 0.1) is 5.41 Å². The SMILES string of the molecule is CCCCC#Cc1nc(Cl)c2nc(-c3ccc(C)o3)n(COC(=O)C(C)(C)C)c2n1. The molecule has 158 valence electrons. The molecule has 3 aromatic rings. The fourth-order valence-electron chi connectivity index (χ4n) is 2.63. The van der Waals surface area contributed by atoms with Gasteiger partial charge < -0.3 is 9.15 Å². The van der Waals surface area contributed by atoms with Crippen LogP contribution in [0.5, 0.6) is 0 Å². The van der Waals surface area contributed by atoms with Gasteiger partial charge in [0.1, 0.15) is 11.3 Å². The lowest BCUT2D eigenvalue weighted by Gasteiger charge is -2.17. The van der Waals surface area contributed by atoms with Gasteiger partial charge in [-0.2, -0.15) is 0 Å². The number of hydrogen-bond donors (Lipinski definition) is 0. The third-order valence-electron chi connectivity index (χ3n) is 4.31. The number of halogens is 1. The number of furan rings is 1. The lowest BCUT2D eigenvalue weighted by molar-refractivity contribution is -0.156. The Labute approximate surface area is 180 Å². The molecule has 30 heavy (non-hydrogen) atoms. The van der Waals surface area contributed by atoms with E-state index in [1.165, 1.54) is 0 Å². The van der Waals surface area contributed by atoms with Crippen molar-refractivity contribution in [3.05, 3.63) is 28.9 Å². The van der Waals surface area contributed by atoms with Gasteiger partial charge in [0.2, 0.25) is 5.82 Å². The standard InChI is InChI=1S/C22H25ClN4O3/c1-6-7-8-9-10-16-24-18(23)17-20(25-16)27(13-29-21(28)22(3,4)5)19(26-17)15-12-11-14(2)30-15/h11-12H,6-8,13H2,1-5H3. The highest BCUT2D eigenvalue weighted by Crippen LogP contribution is 2.29. The normalized spacial score (nSPS) is 11.4. The van der Waals surface area contributed by atoms with Crippen molar-refractivity contribution < 1.29 is 13.9 Å². The Kier molecular flexibility index (Phi) is 6.47. The van der Waals surface area contributed by atoms with Gasteiger partial charge in [-0.15, -0.1) is 0 Å². The van der Waals surface area contributed by atoms with Crippen LogP contribution in [0.3, 0.4) is 0 Å². The second-order valence-corrected chi connectivity index (χ2v) is 8.36. The van der Waals surface area contributed by atoms with Gasteiger partial charge in [0, 0.05) is 6.42 Å². The van der Waals surface area contributed by atoms with E-state index >= 15 is 0 Å². The Balaban J connectivity index is 2.08. The lowest BCUT2D eigenvalue weighted by atomic mass is 9.98. The minimum atomic E-state index is -0.639. The molecule has 0 bridgehead atoms. The summed E-state index contributed by atoms with van der Waals surface area (Å²) in [6, 6.07) is 3.63. The minimum Gasteiger partial charge on any atom is -0.458 e. The number of esters is 1. The average Bonchev–Trinajstić information content (AvgIpc) is 3.26. The van der Waals surface area contributed by atoms with Crippen LogP contribution >= 0.6 is 11.6 Å². The van der Waals surface area contributed by atoms with Crippen LogP contribution in [0, 0.1) is 24.2 Å². The largest absolute Gasteiger partial charge is 0.458 e. The molecule has 0 N–H and O–H groups in total. The van der Waals surface area contributed by atoms with E-state index < -0.39 is 5.41 Å². The third-order valence-corrected chi connectivity index (χ3v) is 4.57. The van der Waals surface area contributed by atoms with Crippen LogP contribution in [0.15, 0.2) is 16.5 Å². The number of unbranched alkanes of at least 4 members (excludes halogenated alkanes) is 2. The summed E-state index contributed by atoms with van der Waals surface area (Å²) in [5.74, 6) is 7.67. The predicted molar refractivity (Wildman–Crippen MR) is 115 cm³/mol. The number of carbonyl (C=O) groups excluding carboxylic acids is 1. The number of fused-ring (bicyclic) bond motifs is 1. The number of rotatable bonds is 5. The first-order valence-corrected chi connectivity index (χ1v) is 10.2. The molecule has 0 saturated carbocycles. The molecule has 0 aromatic carbocycles. The molecule has 8 heteroatoms. The van der Waals surface area contributed by atoms with Crippen molar-refractivity contribution in [3.63, 3.8) is 0 Å². The van der Waals surface area contributed by atoms with E-state index in [1.54, 1.807) is 31.4 Å².